The van der Waals surface area contributed by atoms with Crippen LogP contribution in [0.15, 0.2) is 36.4 Å². The second-order valence-corrected chi connectivity index (χ2v) is 3.54. The molecule has 0 spiro atoms. The van der Waals surface area contributed by atoms with E-state index in [1.807, 2.05) is 24.3 Å². The highest BCUT2D eigenvalue weighted by molar-refractivity contribution is 6.05. The molecule has 0 aliphatic heterocycles. The maximum atomic E-state index is 11.6. The van der Waals surface area contributed by atoms with E-state index in [0.717, 1.165) is 5.39 Å². The van der Waals surface area contributed by atoms with Gasteiger partial charge in [0.05, 0.1) is 5.56 Å². The molecule has 0 bridgehead atoms. The van der Waals surface area contributed by atoms with Crippen LogP contribution >= 0.6 is 0 Å². The second-order valence-electron chi connectivity index (χ2n) is 3.54. The average molecular weight is 216 g/mol. The van der Waals surface area contributed by atoms with E-state index in [1.165, 1.54) is 7.11 Å². The monoisotopic (exact) mass is 216 g/mol. The van der Waals surface area contributed by atoms with Crippen LogP contribution in [0.3, 0.4) is 0 Å². The van der Waals surface area contributed by atoms with E-state index in [0.29, 0.717) is 10.9 Å². The number of phenolic OH excluding ortho intramolecular Hbond substituents is 1. The summed E-state index contributed by atoms with van der Waals surface area (Å²) < 4.78 is 4.76. The Morgan fingerprint density at radius 2 is 2.00 bits per heavy atom. The Balaban J connectivity index is 2.56. The first-order valence-electron chi connectivity index (χ1n) is 4.97. The minimum atomic E-state index is -0.217. The van der Waals surface area contributed by atoms with E-state index in [-0.39, 0.29) is 18.1 Å². The van der Waals surface area contributed by atoms with Gasteiger partial charge in [0, 0.05) is 12.5 Å². The minimum absolute atomic E-state index is 0.0219. The van der Waals surface area contributed by atoms with Gasteiger partial charge in [0.25, 0.3) is 0 Å². The van der Waals surface area contributed by atoms with E-state index in [4.69, 9.17) is 4.74 Å². The van der Waals surface area contributed by atoms with E-state index >= 15 is 0 Å². The molecule has 0 fully saturated rings. The lowest BCUT2D eigenvalue weighted by atomic mass is 10.0. The number of rotatable bonds is 3. The number of hydrogen-bond acceptors (Lipinski definition) is 3. The summed E-state index contributed by atoms with van der Waals surface area (Å²) in [5, 5.41) is 11.6. The van der Waals surface area contributed by atoms with Gasteiger partial charge in [0.2, 0.25) is 0 Å². The van der Waals surface area contributed by atoms with Gasteiger partial charge in [-0.2, -0.15) is 0 Å². The molecule has 0 aliphatic carbocycles. The second kappa shape index (κ2) is 4.33. The van der Waals surface area contributed by atoms with E-state index in [2.05, 4.69) is 0 Å². The van der Waals surface area contributed by atoms with Gasteiger partial charge in [0.1, 0.15) is 12.4 Å². The van der Waals surface area contributed by atoms with Gasteiger partial charge < -0.3 is 9.84 Å². The molecular weight excluding hydrogens is 204 g/mol. The number of carbonyl (C=O) groups is 1. The summed E-state index contributed by atoms with van der Waals surface area (Å²) in [6.45, 7) is -0.0219. The zero-order chi connectivity index (χ0) is 11.5. The first-order chi connectivity index (χ1) is 7.74. The number of fused-ring (bicyclic) bond motifs is 1. The Hall–Kier alpha value is -1.87. The third-order valence-corrected chi connectivity index (χ3v) is 2.48. The molecule has 0 amide bonds. The number of carbonyl (C=O) groups excluding carboxylic acids is 1. The van der Waals surface area contributed by atoms with Crippen LogP contribution in [-0.2, 0) is 4.74 Å². The van der Waals surface area contributed by atoms with Gasteiger partial charge in [-0.25, -0.2) is 0 Å². The molecule has 0 saturated carbocycles. The number of hydrogen-bond donors (Lipinski definition) is 1. The van der Waals surface area contributed by atoms with Gasteiger partial charge in [0.15, 0.2) is 5.78 Å². The number of phenols is 1. The van der Waals surface area contributed by atoms with Gasteiger partial charge in [-0.1, -0.05) is 30.3 Å². The fraction of sp³-hybridized carbons (Fsp3) is 0.154. The third kappa shape index (κ3) is 1.77. The first kappa shape index (κ1) is 10.6. The highest BCUT2D eigenvalue weighted by atomic mass is 16.5. The Bertz CT molecular complexity index is 532. The smallest absolute Gasteiger partial charge is 0.192 e. The van der Waals surface area contributed by atoms with Crippen LogP contribution in [0.2, 0.25) is 0 Å². The van der Waals surface area contributed by atoms with Crippen LogP contribution in [0.4, 0.5) is 0 Å². The Labute approximate surface area is 93.3 Å². The lowest BCUT2D eigenvalue weighted by molar-refractivity contribution is 0.0845. The average Bonchev–Trinajstić information content (AvgIpc) is 2.30. The molecular formula is C13H12O3. The lowest BCUT2D eigenvalue weighted by Crippen LogP contribution is -2.07. The SMILES string of the molecule is COCC(=O)c1ccc2ccccc2c1O. The van der Waals surface area contributed by atoms with Crippen LogP contribution in [0.25, 0.3) is 10.8 Å². The molecule has 0 heterocycles. The van der Waals surface area contributed by atoms with Crippen molar-refractivity contribution >= 4 is 16.6 Å². The van der Waals surface area contributed by atoms with E-state index in [1.54, 1.807) is 12.1 Å². The van der Waals surface area contributed by atoms with Gasteiger partial charge in [-0.05, 0) is 11.5 Å². The topological polar surface area (TPSA) is 46.5 Å². The zero-order valence-corrected chi connectivity index (χ0v) is 8.93. The molecule has 3 nitrogen and oxygen atoms in total. The van der Waals surface area contributed by atoms with Gasteiger partial charge >= 0.3 is 0 Å². The van der Waals surface area contributed by atoms with Gasteiger partial charge in [-0.15, -0.1) is 0 Å². The van der Waals surface area contributed by atoms with Crippen LogP contribution in [0.5, 0.6) is 5.75 Å². The summed E-state index contributed by atoms with van der Waals surface area (Å²) in [5.41, 5.74) is 0.306. The first-order valence-corrected chi connectivity index (χ1v) is 4.97. The Morgan fingerprint density at radius 3 is 2.75 bits per heavy atom. The summed E-state index contributed by atoms with van der Waals surface area (Å²) in [4.78, 5) is 11.6. The highest BCUT2D eigenvalue weighted by Crippen LogP contribution is 2.28. The molecule has 82 valence electrons. The van der Waals surface area contributed by atoms with Crippen molar-refractivity contribution in [2.75, 3.05) is 13.7 Å². The summed E-state index contributed by atoms with van der Waals surface area (Å²) in [5.74, 6) is -0.189. The van der Waals surface area contributed by atoms with Crippen molar-refractivity contribution in [2.45, 2.75) is 0 Å². The molecule has 0 unspecified atom stereocenters. The van der Waals surface area contributed by atoms with Crippen LogP contribution in [-0.4, -0.2) is 24.6 Å². The molecule has 3 heteroatoms. The van der Waals surface area contributed by atoms with Crippen molar-refractivity contribution in [1.29, 1.82) is 0 Å². The number of ether oxygens (including phenoxy) is 1. The molecule has 0 atom stereocenters. The fourth-order valence-corrected chi connectivity index (χ4v) is 1.69. The van der Waals surface area contributed by atoms with Crippen molar-refractivity contribution in [3.05, 3.63) is 42.0 Å². The Kier molecular flexibility index (Phi) is 2.88. The maximum absolute atomic E-state index is 11.6. The molecule has 2 rings (SSSR count). The molecule has 1 N–H and O–H groups in total. The summed E-state index contributed by atoms with van der Waals surface area (Å²) in [7, 11) is 1.45. The molecule has 2 aromatic rings. The summed E-state index contributed by atoms with van der Waals surface area (Å²) in [6.07, 6.45) is 0. The predicted octanol–water partition coefficient (Wildman–Crippen LogP) is 2.37. The molecule has 16 heavy (non-hydrogen) atoms. The van der Waals surface area contributed by atoms with E-state index < -0.39 is 0 Å². The normalized spacial score (nSPS) is 10.6. The third-order valence-electron chi connectivity index (χ3n) is 2.48. The van der Waals surface area contributed by atoms with Crippen molar-refractivity contribution < 1.29 is 14.6 Å². The Morgan fingerprint density at radius 1 is 1.25 bits per heavy atom. The highest BCUT2D eigenvalue weighted by Gasteiger charge is 2.12. The maximum Gasteiger partial charge on any atom is 0.192 e. The van der Waals surface area contributed by atoms with Crippen LogP contribution in [0.1, 0.15) is 10.4 Å². The van der Waals surface area contributed by atoms with Crippen molar-refractivity contribution in [2.24, 2.45) is 0 Å². The predicted molar refractivity (Wildman–Crippen MR) is 61.8 cm³/mol. The number of aromatic hydroxyl groups is 1. The molecule has 0 saturated heterocycles. The summed E-state index contributed by atoms with van der Waals surface area (Å²) in [6, 6.07) is 10.8. The number of benzene rings is 2. The van der Waals surface area contributed by atoms with Crippen molar-refractivity contribution in [3.63, 3.8) is 0 Å². The summed E-state index contributed by atoms with van der Waals surface area (Å²) >= 11 is 0. The fourth-order valence-electron chi connectivity index (χ4n) is 1.69. The molecule has 2 aromatic carbocycles. The number of Topliss-reactive ketones (excluding diaryl/α,β-unsaturated/α-hetero) is 1. The zero-order valence-electron chi connectivity index (χ0n) is 8.93. The molecule has 0 aliphatic rings. The van der Waals surface area contributed by atoms with Crippen LogP contribution in [0, 0.1) is 0 Å². The minimum Gasteiger partial charge on any atom is -0.507 e. The largest absolute Gasteiger partial charge is 0.507 e. The number of ketones is 1. The van der Waals surface area contributed by atoms with E-state index in [9.17, 15) is 9.90 Å². The molecule has 0 aromatic heterocycles. The van der Waals surface area contributed by atoms with Crippen molar-refractivity contribution in [3.8, 4) is 5.75 Å². The number of methoxy groups -OCH3 is 1. The van der Waals surface area contributed by atoms with Gasteiger partial charge in [-0.3, -0.25) is 4.79 Å². The standard InChI is InChI=1S/C13H12O3/c1-16-8-12(14)11-7-6-9-4-2-3-5-10(9)13(11)15/h2-7,15H,8H2,1H3. The quantitative estimate of drug-likeness (QED) is 0.801. The molecule has 0 radical (unpaired) electrons. The lowest BCUT2D eigenvalue weighted by Gasteiger charge is -2.06. The van der Waals surface area contributed by atoms with Crippen LogP contribution < -0.4 is 0 Å². The van der Waals surface area contributed by atoms with Crippen molar-refractivity contribution in [1.82, 2.24) is 0 Å².